The van der Waals surface area contributed by atoms with Crippen molar-refractivity contribution in [2.45, 2.75) is 36.7 Å². The Morgan fingerprint density at radius 1 is 1.03 bits per heavy atom. The van der Waals surface area contributed by atoms with E-state index in [2.05, 4.69) is 22.4 Å². The smallest absolute Gasteiger partial charge is 0.147 e. The van der Waals surface area contributed by atoms with Gasteiger partial charge in [0.15, 0.2) is 0 Å². The first-order valence-electron chi connectivity index (χ1n) is 10.8. The van der Waals surface area contributed by atoms with E-state index in [1.165, 1.54) is 0 Å². The molecule has 3 aromatic carbocycles. The van der Waals surface area contributed by atoms with E-state index in [1.54, 1.807) is 18.2 Å². The van der Waals surface area contributed by atoms with Gasteiger partial charge in [0.05, 0.1) is 16.3 Å². The largest absolute Gasteiger partial charge is 0.356 e. The topological polar surface area (TPSA) is 44.9 Å². The third kappa shape index (κ3) is 4.25. The molecule has 0 bridgehead atoms. The first-order valence-corrected chi connectivity index (χ1v) is 12.5. The van der Waals surface area contributed by atoms with Crippen LogP contribution in [0.15, 0.2) is 71.6 Å². The minimum atomic E-state index is -1.02. The SMILES string of the molecule is O=S(CCCC1Cc2[nH]c3c(F)ccc(-c4ccccc4)c3c2CN1)c1ccc(Cl)cc1. The van der Waals surface area contributed by atoms with E-state index in [1.807, 2.05) is 36.4 Å². The maximum atomic E-state index is 14.6. The molecule has 0 amide bonds. The van der Waals surface area contributed by atoms with Crippen molar-refractivity contribution in [3.05, 3.63) is 88.8 Å². The number of aromatic nitrogens is 1. The number of H-pyrrole nitrogens is 1. The minimum Gasteiger partial charge on any atom is -0.356 e. The molecule has 0 radical (unpaired) electrons. The molecule has 1 aliphatic heterocycles. The molecule has 2 N–H and O–H groups in total. The number of rotatable bonds is 6. The number of benzene rings is 3. The predicted octanol–water partition coefficient (Wildman–Crippen LogP) is 6.23. The molecule has 1 aliphatic rings. The summed E-state index contributed by atoms with van der Waals surface area (Å²) in [6.07, 6.45) is 2.58. The van der Waals surface area contributed by atoms with Crippen molar-refractivity contribution >= 4 is 33.3 Å². The van der Waals surface area contributed by atoms with Gasteiger partial charge < -0.3 is 10.3 Å². The molecule has 2 heterocycles. The Morgan fingerprint density at radius 3 is 2.59 bits per heavy atom. The van der Waals surface area contributed by atoms with Gasteiger partial charge in [-0.15, -0.1) is 0 Å². The van der Waals surface area contributed by atoms with Crippen molar-refractivity contribution < 1.29 is 8.60 Å². The third-order valence-electron chi connectivity index (χ3n) is 6.16. The lowest BCUT2D eigenvalue weighted by Crippen LogP contribution is -2.35. The lowest BCUT2D eigenvalue weighted by atomic mass is 9.94. The zero-order valence-electron chi connectivity index (χ0n) is 17.5. The normalized spacial score (nSPS) is 16.8. The summed E-state index contributed by atoms with van der Waals surface area (Å²) < 4.78 is 27.2. The number of halogens is 2. The van der Waals surface area contributed by atoms with E-state index in [0.29, 0.717) is 22.8 Å². The van der Waals surface area contributed by atoms with Crippen molar-refractivity contribution in [3.63, 3.8) is 0 Å². The van der Waals surface area contributed by atoms with Crippen molar-refractivity contribution in [1.82, 2.24) is 10.3 Å². The molecule has 3 nitrogen and oxygen atoms in total. The zero-order chi connectivity index (χ0) is 22.1. The van der Waals surface area contributed by atoms with Crippen LogP contribution in [0.1, 0.15) is 24.1 Å². The van der Waals surface area contributed by atoms with Crippen molar-refractivity contribution in [3.8, 4) is 11.1 Å². The van der Waals surface area contributed by atoms with Gasteiger partial charge in [-0.05, 0) is 59.9 Å². The number of nitrogens with one attached hydrogen (secondary N) is 2. The zero-order valence-corrected chi connectivity index (χ0v) is 19.1. The first kappa shape index (κ1) is 21.4. The second kappa shape index (κ2) is 9.18. The molecule has 32 heavy (non-hydrogen) atoms. The predicted molar refractivity (Wildman–Crippen MR) is 130 cm³/mol. The number of aromatic amines is 1. The summed E-state index contributed by atoms with van der Waals surface area (Å²) in [5, 5.41) is 5.24. The monoisotopic (exact) mass is 466 g/mol. The van der Waals surface area contributed by atoms with Crippen molar-refractivity contribution in [2.24, 2.45) is 0 Å². The molecule has 2 atom stereocenters. The summed E-state index contributed by atoms with van der Waals surface area (Å²) in [6.45, 7) is 0.698. The van der Waals surface area contributed by atoms with Gasteiger partial charge in [0.1, 0.15) is 5.82 Å². The fourth-order valence-corrected chi connectivity index (χ4v) is 5.78. The molecule has 2 unspecified atom stereocenters. The van der Waals surface area contributed by atoms with E-state index in [4.69, 9.17) is 11.6 Å². The van der Waals surface area contributed by atoms with E-state index in [0.717, 1.165) is 51.9 Å². The molecule has 6 heteroatoms. The standard InChI is InChI=1S/C26H24ClFN2OS/c27-18-8-10-20(11-9-18)32(31)14-4-7-19-15-24-22(16-29-19)25-21(17-5-2-1-3-6-17)12-13-23(28)26(25)30-24/h1-3,5-6,8-13,19,29-30H,4,7,14-16H2. The van der Waals surface area contributed by atoms with Gasteiger partial charge in [0, 0.05) is 45.8 Å². The molecular weight excluding hydrogens is 443 g/mol. The molecule has 0 spiro atoms. The lowest BCUT2D eigenvalue weighted by Gasteiger charge is -2.24. The maximum Gasteiger partial charge on any atom is 0.147 e. The molecule has 0 aliphatic carbocycles. The maximum absolute atomic E-state index is 14.6. The Morgan fingerprint density at radius 2 is 1.81 bits per heavy atom. The summed E-state index contributed by atoms with van der Waals surface area (Å²) in [7, 11) is -1.02. The summed E-state index contributed by atoms with van der Waals surface area (Å²) in [5.74, 6) is 0.399. The molecule has 4 aromatic rings. The molecule has 0 saturated heterocycles. The fourth-order valence-electron chi connectivity index (χ4n) is 4.55. The second-order valence-electron chi connectivity index (χ2n) is 8.22. The molecular formula is C26H24ClFN2OS. The Labute approximate surface area is 194 Å². The quantitative estimate of drug-likeness (QED) is 0.354. The number of hydrogen-bond donors (Lipinski definition) is 2. The van der Waals surface area contributed by atoms with Gasteiger partial charge >= 0.3 is 0 Å². The summed E-state index contributed by atoms with van der Waals surface area (Å²) in [5.41, 5.74) is 4.98. The van der Waals surface area contributed by atoms with Crippen LogP contribution in [0, 0.1) is 5.82 Å². The van der Waals surface area contributed by atoms with E-state index >= 15 is 0 Å². The van der Waals surface area contributed by atoms with E-state index in [-0.39, 0.29) is 11.9 Å². The van der Waals surface area contributed by atoms with Crippen LogP contribution in [0.4, 0.5) is 4.39 Å². The lowest BCUT2D eigenvalue weighted by molar-refractivity contribution is 0.446. The van der Waals surface area contributed by atoms with Crippen molar-refractivity contribution in [2.75, 3.05) is 5.75 Å². The van der Waals surface area contributed by atoms with Gasteiger partial charge in [0.25, 0.3) is 0 Å². The fraction of sp³-hybridized carbons (Fsp3) is 0.231. The molecule has 1 aromatic heterocycles. The average molecular weight is 467 g/mol. The molecule has 0 fully saturated rings. The van der Waals surface area contributed by atoms with Crippen LogP contribution < -0.4 is 5.32 Å². The van der Waals surface area contributed by atoms with Crippen LogP contribution in [0.2, 0.25) is 5.02 Å². The highest BCUT2D eigenvalue weighted by molar-refractivity contribution is 7.85. The van der Waals surface area contributed by atoms with Gasteiger partial charge in [-0.3, -0.25) is 4.21 Å². The van der Waals surface area contributed by atoms with E-state index in [9.17, 15) is 8.60 Å². The van der Waals surface area contributed by atoms with Crippen LogP contribution in [-0.4, -0.2) is 21.0 Å². The average Bonchev–Trinajstić information content (AvgIpc) is 3.20. The number of hydrogen-bond acceptors (Lipinski definition) is 2. The van der Waals surface area contributed by atoms with E-state index < -0.39 is 10.8 Å². The molecule has 0 saturated carbocycles. The summed E-state index contributed by atoms with van der Waals surface area (Å²) in [4.78, 5) is 4.18. The van der Waals surface area contributed by atoms with Gasteiger partial charge in [-0.2, -0.15) is 0 Å². The second-order valence-corrected chi connectivity index (χ2v) is 10.2. The van der Waals surface area contributed by atoms with Crippen LogP contribution in [0.5, 0.6) is 0 Å². The van der Waals surface area contributed by atoms with Crippen LogP contribution in [-0.2, 0) is 23.8 Å². The Balaban J connectivity index is 1.31. The van der Waals surface area contributed by atoms with Crippen LogP contribution in [0.3, 0.4) is 0 Å². The highest BCUT2D eigenvalue weighted by Gasteiger charge is 2.25. The highest BCUT2D eigenvalue weighted by atomic mass is 35.5. The van der Waals surface area contributed by atoms with Crippen LogP contribution in [0.25, 0.3) is 22.0 Å². The molecule has 164 valence electrons. The summed E-state index contributed by atoms with van der Waals surface area (Å²) >= 11 is 5.91. The van der Waals surface area contributed by atoms with Gasteiger partial charge in [0.2, 0.25) is 0 Å². The Hall–Kier alpha value is -2.47. The molecule has 5 rings (SSSR count). The van der Waals surface area contributed by atoms with Gasteiger partial charge in [-0.1, -0.05) is 48.0 Å². The first-order chi connectivity index (χ1) is 15.6. The minimum absolute atomic E-state index is 0.219. The number of fused-ring (bicyclic) bond motifs is 3. The third-order valence-corrected chi connectivity index (χ3v) is 7.87. The van der Waals surface area contributed by atoms with Gasteiger partial charge in [-0.25, -0.2) is 4.39 Å². The van der Waals surface area contributed by atoms with Crippen molar-refractivity contribution in [1.29, 1.82) is 0 Å². The Kier molecular flexibility index (Phi) is 6.13. The highest BCUT2D eigenvalue weighted by Crippen LogP contribution is 2.36. The Bertz CT molecular complexity index is 1270. The summed E-state index contributed by atoms with van der Waals surface area (Å²) in [6, 6.07) is 21.0. The van der Waals surface area contributed by atoms with Crippen LogP contribution >= 0.6 is 11.6 Å².